The Morgan fingerprint density at radius 1 is 1.42 bits per heavy atom. The number of hydrogen-bond acceptors (Lipinski definition) is 3. The van der Waals surface area contributed by atoms with Crippen molar-refractivity contribution in [1.82, 2.24) is 4.90 Å². The maximum Gasteiger partial charge on any atom is 0.256 e. The molecular formula is C16H14BrF3NOSY-. The molecule has 2 nitrogen and oxygen atoms in total. The Bertz CT molecular complexity index is 667. The van der Waals surface area contributed by atoms with E-state index in [9.17, 15) is 13.2 Å². The Balaban J connectivity index is 0.00000288. The summed E-state index contributed by atoms with van der Waals surface area (Å²) in [4.78, 5) is 1.25. The Labute approximate surface area is 177 Å². The van der Waals surface area contributed by atoms with E-state index < -0.39 is 18.8 Å². The Hall–Kier alpha value is -0.236. The largest absolute Gasteiger partial charge is 0.483 e. The molecule has 0 unspecified atom stereocenters. The van der Waals surface area contributed by atoms with Crippen molar-refractivity contribution in [2.75, 3.05) is 18.7 Å². The van der Waals surface area contributed by atoms with E-state index in [0.29, 0.717) is 21.9 Å². The maximum atomic E-state index is 14.4. The molecule has 0 N–H and O–H groups in total. The molecule has 0 atom stereocenters. The molecule has 1 aliphatic rings. The van der Waals surface area contributed by atoms with Gasteiger partial charge in [0.15, 0.2) is 0 Å². The minimum absolute atomic E-state index is 0. The second kappa shape index (κ2) is 10.0. The molecule has 1 heterocycles. The zero-order chi connectivity index (χ0) is 17.0. The van der Waals surface area contributed by atoms with Gasteiger partial charge in [0.05, 0.1) is 12.4 Å². The number of thioether (sulfide) groups is 1. The van der Waals surface area contributed by atoms with Crippen molar-refractivity contribution in [2.45, 2.75) is 6.43 Å². The molecular weight excluding hydrogens is 480 g/mol. The summed E-state index contributed by atoms with van der Waals surface area (Å²) < 4.78 is 45.9. The van der Waals surface area contributed by atoms with Crippen LogP contribution in [0.15, 0.2) is 41.0 Å². The van der Waals surface area contributed by atoms with Crippen molar-refractivity contribution in [1.29, 1.82) is 0 Å². The van der Waals surface area contributed by atoms with E-state index in [1.165, 1.54) is 34.9 Å². The van der Waals surface area contributed by atoms with Gasteiger partial charge in [-0.3, -0.25) is 0 Å². The smallest absolute Gasteiger partial charge is 0.256 e. The third-order valence-corrected chi connectivity index (χ3v) is 4.11. The second-order valence-electron chi connectivity index (χ2n) is 4.63. The summed E-state index contributed by atoms with van der Waals surface area (Å²) in [5.74, 6) is 0.218. The topological polar surface area (TPSA) is 12.5 Å². The van der Waals surface area contributed by atoms with Crippen LogP contribution in [0.5, 0.6) is 5.75 Å². The third kappa shape index (κ3) is 5.38. The summed E-state index contributed by atoms with van der Waals surface area (Å²) in [7, 11) is 0. The number of benzene rings is 1. The summed E-state index contributed by atoms with van der Waals surface area (Å²) in [6, 6.07) is 4.32. The first-order chi connectivity index (χ1) is 10.9. The number of rotatable bonds is 6. The van der Waals surface area contributed by atoms with Gasteiger partial charge in [-0.05, 0) is 18.0 Å². The van der Waals surface area contributed by atoms with Gasteiger partial charge in [0.25, 0.3) is 6.43 Å². The van der Waals surface area contributed by atoms with Crippen molar-refractivity contribution < 1.29 is 50.6 Å². The van der Waals surface area contributed by atoms with Gasteiger partial charge in [-0.15, -0.1) is 33.8 Å². The van der Waals surface area contributed by atoms with Gasteiger partial charge in [-0.1, -0.05) is 22.3 Å². The molecule has 0 amide bonds. The van der Waals surface area contributed by atoms with E-state index >= 15 is 0 Å². The SMILES string of the molecule is C=C1C(Br)=C[C-]=C(c2ccc(OCSC)cc2F)N1CC(F)F.[Y]. The molecule has 0 bridgehead atoms. The minimum Gasteiger partial charge on any atom is -0.483 e. The van der Waals surface area contributed by atoms with Gasteiger partial charge in [0, 0.05) is 38.8 Å². The van der Waals surface area contributed by atoms with Gasteiger partial charge >= 0.3 is 0 Å². The third-order valence-electron chi connectivity index (χ3n) is 3.07. The molecule has 1 radical (unpaired) electrons. The Morgan fingerprint density at radius 2 is 2.12 bits per heavy atom. The molecule has 24 heavy (non-hydrogen) atoms. The van der Waals surface area contributed by atoms with Crippen LogP contribution in [-0.2, 0) is 32.7 Å². The Morgan fingerprint density at radius 3 is 2.71 bits per heavy atom. The molecule has 2 rings (SSSR count). The summed E-state index contributed by atoms with van der Waals surface area (Å²) in [5, 5.41) is 0. The molecule has 0 aliphatic carbocycles. The van der Waals surface area contributed by atoms with Crippen molar-refractivity contribution in [2.24, 2.45) is 0 Å². The van der Waals surface area contributed by atoms with Crippen LogP contribution in [0.4, 0.5) is 13.2 Å². The second-order valence-corrected chi connectivity index (χ2v) is 6.29. The minimum atomic E-state index is -2.59. The predicted octanol–water partition coefficient (Wildman–Crippen LogP) is 5.04. The zero-order valence-electron chi connectivity index (χ0n) is 12.9. The molecule has 0 fully saturated rings. The van der Waals surface area contributed by atoms with Crippen LogP contribution in [0, 0.1) is 11.9 Å². The molecule has 127 valence electrons. The normalized spacial score (nSPS) is 14.2. The predicted molar refractivity (Wildman–Crippen MR) is 90.9 cm³/mol. The van der Waals surface area contributed by atoms with Crippen molar-refractivity contribution in [3.8, 4) is 5.75 Å². The number of nitrogens with zero attached hydrogens (tertiary/aromatic N) is 1. The average molecular weight is 494 g/mol. The van der Waals surface area contributed by atoms with Crippen LogP contribution >= 0.6 is 27.7 Å². The summed E-state index contributed by atoms with van der Waals surface area (Å²) in [5.41, 5.74) is 0.716. The quantitative estimate of drug-likeness (QED) is 0.407. The van der Waals surface area contributed by atoms with Crippen LogP contribution in [0.3, 0.4) is 0 Å². The summed E-state index contributed by atoms with van der Waals surface area (Å²) in [6.45, 7) is 3.17. The fraction of sp³-hybridized carbons (Fsp3) is 0.250. The monoisotopic (exact) mass is 493 g/mol. The molecule has 8 heteroatoms. The van der Waals surface area contributed by atoms with Crippen LogP contribution in [0.2, 0.25) is 0 Å². The van der Waals surface area contributed by atoms with Crippen LogP contribution in [0.1, 0.15) is 5.56 Å². The van der Waals surface area contributed by atoms with Crippen LogP contribution in [-0.4, -0.2) is 30.1 Å². The van der Waals surface area contributed by atoms with Gasteiger partial charge < -0.3 is 9.64 Å². The first-order valence-electron chi connectivity index (χ1n) is 6.59. The van der Waals surface area contributed by atoms with Gasteiger partial charge in [0.2, 0.25) is 0 Å². The zero-order valence-corrected chi connectivity index (χ0v) is 18.1. The van der Waals surface area contributed by atoms with E-state index in [4.69, 9.17) is 4.74 Å². The molecule has 1 aromatic rings. The van der Waals surface area contributed by atoms with Gasteiger partial charge in [-0.2, -0.15) is 12.2 Å². The maximum absolute atomic E-state index is 14.4. The number of allylic oxidation sites excluding steroid dienone is 3. The van der Waals surface area contributed by atoms with E-state index in [0.717, 1.165) is 0 Å². The van der Waals surface area contributed by atoms with E-state index in [1.54, 1.807) is 6.07 Å². The number of halogens is 4. The molecule has 0 spiro atoms. The Kier molecular flexibility index (Phi) is 9.13. The van der Waals surface area contributed by atoms with E-state index in [2.05, 4.69) is 28.6 Å². The molecule has 0 aromatic heterocycles. The standard InChI is InChI=1S/C16H14BrF3NOS.Y/c1-10-13(17)5-6-15(21(10)8-16(19)20)12-4-3-11(7-14(12)18)22-9-23-2;/h3-5,7,16H,1,8-9H2,2H3;/q-1;. The summed E-state index contributed by atoms with van der Waals surface area (Å²) in [6.07, 6.45) is 3.64. The molecule has 1 aliphatic heterocycles. The van der Waals surface area contributed by atoms with Gasteiger partial charge in [0.1, 0.15) is 11.7 Å². The number of ether oxygens (including phenoxy) is 1. The molecule has 1 aromatic carbocycles. The number of alkyl halides is 2. The van der Waals surface area contributed by atoms with E-state index in [1.807, 2.05) is 6.26 Å². The van der Waals surface area contributed by atoms with Crippen LogP contribution < -0.4 is 4.74 Å². The summed E-state index contributed by atoms with van der Waals surface area (Å²) >= 11 is 4.69. The molecule has 0 saturated carbocycles. The van der Waals surface area contributed by atoms with Crippen molar-refractivity contribution in [3.63, 3.8) is 0 Å². The average Bonchev–Trinajstić information content (AvgIpc) is 2.50. The van der Waals surface area contributed by atoms with E-state index in [-0.39, 0.29) is 44.0 Å². The fourth-order valence-electron chi connectivity index (χ4n) is 2.02. The molecule has 0 saturated heterocycles. The van der Waals surface area contributed by atoms with Crippen LogP contribution in [0.25, 0.3) is 5.70 Å². The van der Waals surface area contributed by atoms with Crippen molar-refractivity contribution in [3.05, 3.63) is 58.5 Å². The number of hydrogen-bond donors (Lipinski definition) is 0. The first-order valence-corrected chi connectivity index (χ1v) is 8.78. The van der Waals surface area contributed by atoms with Crippen molar-refractivity contribution >= 4 is 33.4 Å². The fourth-order valence-corrected chi connectivity index (χ4v) is 2.61. The van der Waals surface area contributed by atoms with Gasteiger partial charge in [-0.25, -0.2) is 13.2 Å². The first kappa shape index (κ1) is 21.8.